The van der Waals surface area contributed by atoms with Gasteiger partial charge >= 0.3 is 5.69 Å². The zero-order chi connectivity index (χ0) is 17.9. The smallest absolute Gasteiger partial charge is 0.310 e. The van der Waals surface area contributed by atoms with Gasteiger partial charge in [-0.1, -0.05) is 11.6 Å². The van der Waals surface area contributed by atoms with Crippen molar-refractivity contribution in [2.24, 2.45) is 0 Å². The zero-order valence-electron chi connectivity index (χ0n) is 12.7. The number of nitrogens with zero attached hydrogens (tertiary/aromatic N) is 1. The van der Waals surface area contributed by atoms with Crippen LogP contribution in [0.1, 0.15) is 10.4 Å². The summed E-state index contributed by atoms with van der Waals surface area (Å²) in [6, 6.07) is 6.23. The molecule has 0 aromatic heterocycles. The Balaban J connectivity index is 2.31. The number of nitro benzene ring substituents is 1. The van der Waals surface area contributed by atoms with Crippen LogP contribution in [0.3, 0.4) is 0 Å². The molecule has 0 saturated carbocycles. The van der Waals surface area contributed by atoms with Crippen molar-refractivity contribution >= 4 is 28.9 Å². The molecule has 2 N–H and O–H groups in total. The quantitative estimate of drug-likeness (QED) is 0.631. The Kier molecular flexibility index (Phi) is 5.10. The average Bonchev–Trinajstić information content (AvgIpc) is 2.54. The number of ether oxygens (including phenoxy) is 2. The topological polar surface area (TPSA) is 111 Å². The van der Waals surface area contributed by atoms with Crippen LogP contribution in [0.15, 0.2) is 30.3 Å². The second-order valence-electron chi connectivity index (χ2n) is 4.60. The molecule has 0 aliphatic heterocycles. The van der Waals surface area contributed by atoms with Crippen LogP contribution in [-0.2, 0) is 0 Å². The third-order valence-electron chi connectivity index (χ3n) is 3.16. The van der Waals surface area contributed by atoms with Gasteiger partial charge in [-0.3, -0.25) is 14.9 Å². The van der Waals surface area contributed by atoms with Crippen molar-refractivity contribution in [1.82, 2.24) is 0 Å². The molecule has 0 saturated heterocycles. The molecule has 0 heterocycles. The third-order valence-corrected chi connectivity index (χ3v) is 3.45. The number of halogens is 1. The number of rotatable bonds is 5. The van der Waals surface area contributed by atoms with Crippen LogP contribution in [-0.4, -0.2) is 30.2 Å². The Hall–Kier alpha value is -3.00. The van der Waals surface area contributed by atoms with Gasteiger partial charge in [0.2, 0.25) is 0 Å². The molecular weight excluding hydrogens is 340 g/mol. The van der Waals surface area contributed by atoms with E-state index in [2.05, 4.69) is 5.32 Å². The van der Waals surface area contributed by atoms with Crippen molar-refractivity contribution in [3.63, 3.8) is 0 Å². The van der Waals surface area contributed by atoms with Gasteiger partial charge in [-0.15, -0.1) is 0 Å². The van der Waals surface area contributed by atoms with E-state index < -0.39 is 22.3 Å². The number of nitro groups is 1. The normalized spacial score (nSPS) is 10.1. The Morgan fingerprint density at radius 3 is 2.42 bits per heavy atom. The molecule has 8 nitrogen and oxygen atoms in total. The Labute approximate surface area is 141 Å². The molecule has 0 bridgehead atoms. The molecule has 2 aromatic rings. The average molecular weight is 353 g/mol. The monoisotopic (exact) mass is 352 g/mol. The van der Waals surface area contributed by atoms with E-state index in [0.717, 1.165) is 12.1 Å². The predicted molar refractivity (Wildman–Crippen MR) is 87.3 cm³/mol. The molecule has 0 fully saturated rings. The number of hydrogen-bond acceptors (Lipinski definition) is 6. The molecule has 0 aliphatic rings. The first-order chi connectivity index (χ1) is 11.4. The first kappa shape index (κ1) is 17.4. The van der Waals surface area contributed by atoms with Gasteiger partial charge in [0.1, 0.15) is 11.5 Å². The molecule has 1 amide bonds. The Morgan fingerprint density at radius 1 is 1.21 bits per heavy atom. The number of aromatic hydroxyl groups is 1. The van der Waals surface area contributed by atoms with Gasteiger partial charge in [-0.05, 0) is 18.2 Å². The number of carbonyl (C=O) groups excluding carboxylic acids is 1. The summed E-state index contributed by atoms with van der Waals surface area (Å²) in [5, 5.41) is 23.1. The highest BCUT2D eigenvalue weighted by Crippen LogP contribution is 2.36. The van der Waals surface area contributed by atoms with E-state index in [4.69, 9.17) is 21.1 Å². The van der Waals surface area contributed by atoms with Crippen LogP contribution in [0.5, 0.6) is 17.2 Å². The van der Waals surface area contributed by atoms with Crippen LogP contribution in [0.2, 0.25) is 5.02 Å². The maximum atomic E-state index is 12.3. The van der Waals surface area contributed by atoms with Gasteiger partial charge in [-0.2, -0.15) is 0 Å². The van der Waals surface area contributed by atoms with E-state index in [1.54, 1.807) is 0 Å². The highest BCUT2D eigenvalue weighted by molar-refractivity contribution is 6.32. The lowest BCUT2D eigenvalue weighted by molar-refractivity contribution is -0.385. The summed E-state index contributed by atoms with van der Waals surface area (Å²) < 4.78 is 10.2. The number of nitrogens with one attached hydrogen (secondary N) is 1. The van der Waals surface area contributed by atoms with Crippen molar-refractivity contribution in [3.05, 3.63) is 51.0 Å². The predicted octanol–water partition coefficient (Wildman–Crippen LogP) is 3.22. The molecule has 0 unspecified atom stereocenters. The Morgan fingerprint density at radius 2 is 1.88 bits per heavy atom. The third kappa shape index (κ3) is 3.49. The fraction of sp³-hybridized carbons (Fsp3) is 0.133. The van der Waals surface area contributed by atoms with E-state index in [-0.39, 0.29) is 16.3 Å². The Bertz CT molecular complexity index is 809. The summed E-state index contributed by atoms with van der Waals surface area (Å²) >= 11 is 6.02. The molecule has 126 valence electrons. The second-order valence-corrected chi connectivity index (χ2v) is 5.01. The minimum absolute atomic E-state index is 0.0343. The van der Waals surface area contributed by atoms with Gasteiger partial charge in [0.25, 0.3) is 5.91 Å². The van der Waals surface area contributed by atoms with Crippen LogP contribution >= 0.6 is 11.6 Å². The van der Waals surface area contributed by atoms with Gasteiger partial charge in [0.15, 0.2) is 5.75 Å². The van der Waals surface area contributed by atoms with Crippen LogP contribution in [0.25, 0.3) is 0 Å². The second kappa shape index (κ2) is 7.05. The molecule has 0 spiro atoms. The van der Waals surface area contributed by atoms with Gasteiger partial charge in [0.05, 0.1) is 29.9 Å². The minimum atomic E-state index is -0.747. The molecule has 0 aliphatic carbocycles. The summed E-state index contributed by atoms with van der Waals surface area (Å²) in [7, 11) is 2.86. The molecule has 0 radical (unpaired) electrons. The number of phenols is 1. The fourth-order valence-corrected chi connectivity index (χ4v) is 2.21. The summed E-state index contributed by atoms with van der Waals surface area (Å²) in [5.41, 5.74) is -0.171. The van der Waals surface area contributed by atoms with Crippen molar-refractivity contribution < 1.29 is 24.3 Å². The van der Waals surface area contributed by atoms with E-state index in [1.807, 2.05) is 0 Å². The van der Waals surface area contributed by atoms with Gasteiger partial charge in [0, 0.05) is 17.7 Å². The van der Waals surface area contributed by atoms with Crippen LogP contribution < -0.4 is 14.8 Å². The summed E-state index contributed by atoms with van der Waals surface area (Å²) in [6.45, 7) is 0. The molecule has 2 rings (SSSR count). The summed E-state index contributed by atoms with van der Waals surface area (Å²) in [5.74, 6) is -0.512. The molecule has 9 heteroatoms. The number of hydrogen-bond donors (Lipinski definition) is 2. The number of carbonyl (C=O) groups is 1. The lowest BCUT2D eigenvalue weighted by atomic mass is 10.1. The number of amides is 1. The molecule has 24 heavy (non-hydrogen) atoms. The maximum Gasteiger partial charge on any atom is 0.310 e. The van der Waals surface area contributed by atoms with Crippen LogP contribution in [0, 0.1) is 10.1 Å². The van der Waals surface area contributed by atoms with Gasteiger partial charge in [-0.25, -0.2) is 0 Å². The lowest BCUT2D eigenvalue weighted by Gasteiger charge is -2.13. The van der Waals surface area contributed by atoms with Crippen LogP contribution in [0.4, 0.5) is 11.4 Å². The first-order valence-corrected chi connectivity index (χ1v) is 6.95. The maximum absolute atomic E-state index is 12.3. The number of methoxy groups -OCH3 is 2. The van der Waals surface area contributed by atoms with E-state index in [0.29, 0.717) is 11.5 Å². The standard InChI is InChI=1S/C15H13ClN2O6/c1-23-13-7-14(24-2)10(6-9(13)16)17-15(20)8-3-4-11(18(21)22)12(19)5-8/h3-7,19H,1-2H3,(H,17,20). The van der Waals surface area contributed by atoms with E-state index in [9.17, 15) is 20.0 Å². The van der Waals surface area contributed by atoms with Crippen molar-refractivity contribution in [3.8, 4) is 17.2 Å². The van der Waals surface area contributed by atoms with E-state index >= 15 is 0 Å². The van der Waals surface area contributed by atoms with Gasteiger partial charge < -0.3 is 19.9 Å². The zero-order valence-corrected chi connectivity index (χ0v) is 13.5. The SMILES string of the molecule is COc1cc(OC)c(NC(=O)c2ccc([N+](=O)[O-])c(O)c2)cc1Cl. The van der Waals surface area contributed by atoms with E-state index in [1.165, 1.54) is 32.4 Å². The van der Waals surface area contributed by atoms with Crippen molar-refractivity contribution in [2.75, 3.05) is 19.5 Å². The number of benzene rings is 2. The minimum Gasteiger partial charge on any atom is -0.502 e. The van der Waals surface area contributed by atoms with Crippen molar-refractivity contribution in [1.29, 1.82) is 0 Å². The van der Waals surface area contributed by atoms with Crippen molar-refractivity contribution in [2.45, 2.75) is 0 Å². The molecule has 2 aromatic carbocycles. The summed E-state index contributed by atoms with van der Waals surface area (Å²) in [6.07, 6.45) is 0. The summed E-state index contributed by atoms with van der Waals surface area (Å²) in [4.78, 5) is 22.2. The number of phenolic OH excluding ortho intramolecular Hbond substituents is 1. The number of anilines is 1. The molecule has 0 atom stereocenters. The first-order valence-electron chi connectivity index (χ1n) is 6.57. The molecular formula is C15H13ClN2O6. The highest BCUT2D eigenvalue weighted by Gasteiger charge is 2.18. The largest absolute Gasteiger partial charge is 0.502 e. The lowest BCUT2D eigenvalue weighted by Crippen LogP contribution is -2.13. The highest BCUT2D eigenvalue weighted by atomic mass is 35.5. The fourth-order valence-electron chi connectivity index (χ4n) is 1.97.